The molecule has 0 atom stereocenters. The van der Waals surface area contributed by atoms with Crippen LogP contribution in [0.15, 0.2) is 24.4 Å². The molecule has 1 fully saturated rings. The first kappa shape index (κ1) is 15.4. The number of pyridine rings is 1. The maximum Gasteiger partial charge on any atom is 0.354 e. The fourth-order valence-electron chi connectivity index (χ4n) is 4.06. The van der Waals surface area contributed by atoms with Crippen molar-refractivity contribution in [2.24, 2.45) is 0 Å². The summed E-state index contributed by atoms with van der Waals surface area (Å²) in [5.74, 6) is -0.829. The van der Waals surface area contributed by atoms with Gasteiger partial charge in [0, 0.05) is 5.69 Å². The Morgan fingerprint density at radius 2 is 1.88 bits per heavy atom. The largest absolute Gasteiger partial charge is 0.477 e. The van der Waals surface area contributed by atoms with E-state index in [2.05, 4.69) is 10.3 Å². The molecule has 1 aromatic heterocycles. The number of nitrogens with zero attached hydrogens (tertiary/aromatic N) is 1. The van der Waals surface area contributed by atoms with Crippen molar-refractivity contribution in [3.05, 3.63) is 52.1 Å². The Bertz CT molecular complexity index is 832. The number of halogens is 2. The molecule has 0 radical (unpaired) electrons. The third-order valence-electron chi connectivity index (χ3n) is 5.10. The van der Waals surface area contributed by atoms with Crippen LogP contribution in [0.3, 0.4) is 0 Å². The van der Waals surface area contributed by atoms with Gasteiger partial charge in [0.1, 0.15) is 5.82 Å². The molecule has 2 N–H and O–H groups in total. The van der Waals surface area contributed by atoms with E-state index in [0.717, 1.165) is 42.5 Å². The van der Waals surface area contributed by atoms with Gasteiger partial charge in [0.2, 0.25) is 0 Å². The molecule has 4 nitrogen and oxygen atoms in total. The number of hydrogen-bond acceptors (Lipinski definition) is 3. The average Bonchev–Trinajstić information content (AvgIpc) is 2.59. The number of aromatic carboxylic acids is 1. The molecule has 3 aliphatic rings. The molecule has 0 spiro atoms. The predicted octanol–water partition coefficient (Wildman–Crippen LogP) is 5.07. The summed E-state index contributed by atoms with van der Waals surface area (Å²) in [6.07, 6.45) is 5.75. The molecule has 0 amide bonds. The Hall–Kier alpha value is -2.14. The van der Waals surface area contributed by atoms with Crippen LogP contribution in [0.25, 0.3) is 0 Å². The first-order valence-electron chi connectivity index (χ1n) is 8.02. The molecule has 6 heteroatoms. The van der Waals surface area contributed by atoms with Gasteiger partial charge in [-0.1, -0.05) is 11.6 Å². The van der Waals surface area contributed by atoms with Crippen molar-refractivity contribution < 1.29 is 14.3 Å². The summed E-state index contributed by atoms with van der Waals surface area (Å²) in [5, 5.41) is 12.8. The summed E-state index contributed by atoms with van der Waals surface area (Å²) in [4.78, 5) is 15.7. The van der Waals surface area contributed by atoms with Gasteiger partial charge >= 0.3 is 5.97 Å². The standard InChI is InChI=1S/C18H16ClFN2O2/c19-12-7-11(5-6-13(12)20)22-14-8-21-17(18(23)24)16-10-3-1-9(2-4-10)15(14)16/h5-10,22H,1-4H2,(H,23,24). The zero-order chi connectivity index (χ0) is 16.8. The highest BCUT2D eigenvalue weighted by molar-refractivity contribution is 6.31. The van der Waals surface area contributed by atoms with E-state index in [1.165, 1.54) is 12.1 Å². The fourth-order valence-corrected chi connectivity index (χ4v) is 4.24. The van der Waals surface area contributed by atoms with Crippen molar-refractivity contribution in [1.82, 2.24) is 4.98 Å². The number of rotatable bonds is 3. The molecular weight excluding hydrogens is 331 g/mol. The van der Waals surface area contributed by atoms with Gasteiger partial charge in [-0.25, -0.2) is 14.2 Å². The number of nitrogens with one attached hydrogen (secondary N) is 1. The van der Waals surface area contributed by atoms with E-state index in [4.69, 9.17) is 11.6 Å². The van der Waals surface area contributed by atoms with Crippen LogP contribution in [-0.2, 0) is 0 Å². The van der Waals surface area contributed by atoms with Gasteiger partial charge in [0.05, 0.1) is 16.9 Å². The van der Waals surface area contributed by atoms with Crippen LogP contribution in [-0.4, -0.2) is 16.1 Å². The molecule has 0 saturated heterocycles. The van der Waals surface area contributed by atoms with Crippen LogP contribution in [0.2, 0.25) is 5.02 Å². The van der Waals surface area contributed by atoms with E-state index in [0.29, 0.717) is 11.6 Å². The van der Waals surface area contributed by atoms with Crippen molar-refractivity contribution in [3.63, 3.8) is 0 Å². The van der Waals surface area contributed by atoms with Gasteiger partial charge in [0.15, 0.2) is 5.69 Å². The molecule has 1 aromatic carbocycles. The highest BCUT2D eigenvalue weighted by atomic mass is 35.5. The van der Waals surface area contributed by atoms with E-state index in [9.17, 15) is 14.3 Å². The lowest BCUT2D eigenvalue weighted by atomic mass is 9.66. The minimum absolute atomic E-state index is 0.0468. The topological polar surface area (TPSA) is 62.2 Å². The molecule has 124 valence electrons. The fraction of sp³-hybridized carbons (Fsp3) is 0.333. The number of fused-ring (bicyclic) bond motifs is 2. The van der Waals surface area contributed by atoms with E-state index in [1.807, 2.05) is 0 Å². The molecule has 1 saturated carbocycles. The zero-order valence-electron chi connectivity index (χ0n) is 12.9. The molecule has 24 heavy (non-hydrogen) atoms. The first-order valence-corrected chi connectivity index (χ1v) is 8.40. The van der Waals surface area contributed by atoms with Crippen LogP contribution in [0, 0.1) is 5.82 Å². The van der Waals surface area contributed by atoms with Gasteiger partial charge in [-0.2, -0.15) is 0 Å². The zero-order valence-corrected chi connectivity index (χ0v) is 13.6. The van der Waals surface area contributed by atoms with Crippen LogP contribution < -0.4 is 5.32 Å². The van der Waals surface area contributed by atoms with Crippen LogP contribution in [0.5, 0.6) is 0 Å². The maximum absolute atomic E-state index is 13.3. The molecular formula is C18H16ClFN2O2. The number of carboxylic acids is 1. The van der Waals surface area contributed by atoms with Crippen LogP contribution in [0.4, 0.5) is 15.8 Å². The second-order valence-corrected chi connectivity index (χ2v) is 6.86. The predicted molar refractivity (Wildman–Crippen MR) is 89.8 cm³/mol. The second-order valence-electron chi connectivity index (χ2n) is 6.46. The molecule has 2 bridgehead atoms. The Kier molecular flexibility index (Phi) is 3.68. The van der Waals surface area contributed by atoms with Crippen molar-refractivity contribution in [1.29, 1.82) is 0 Å². The normalized spacial score (nSPS) is 21.4. The molecule has 0 aliphatic heterocycles. The Morgan fingerprint density at radius 3 is 2.50 bits per heavy atom. The maximum atomic E-state index is 13.3. The quantitative estimate of drug-likeness (QED) is 0.814. The summed E-state index contributed by atoms with van der Waals surface area (Å²) in [5.41, 5.74) is 3.57. The van der Waals surface area contributed by atoms with Gasteiger partial charge in [-0.15, -0.1) is 0 Å². The van der Waals surface area contributed by atoms with E-state index in [1.54, 1.807) is 12.3 Å². The van der Waals surface area contributed by atoms with Gasteiger partial charge in [-0.3, -0.25) is 0 Å². The van der Waals surface area contributed by atoms with Crippen molar-refractivity contribution in [3.8, 4) is 0 Å². The molecule has 5 rings (SSSR count). The van der Waals surface area contributed by atoms with Crippen molar-refractivity contribution >= 4 is 28.9 Å². The number of hydrogen-bond donors (Lipinski definition) is 2. The number of aromatic nitrogens is 1. The Balaban J connectivity index is 1.81. The summed E-state index contributed by atoms with van der Waals surface area (Å²) < 4.78 is 13.3. The molecule has 1 heterocycles. The molecule has 0 unspecified atom stereocenters. The minimum Gasteiger partial charge on any atom is -0.477 e. The third kappa shape index (κ3) is 2.44. The Morgan fingerprint density at radius 1 is 1.21 bits per heavy atom. The lowest BCUT2D eigenvalue weighted by molar-refractivity contribution is 0.0687. The number of benzene rings is 1. The second kappa shape index (κ2) is 5.74. The number of carboxylic acid groups (broad SMARTS) is 1. The van der Waals surface area contributed by atoms with Crippen molar-refractivity contribution in [2.45, 2.75) is 37.5 Å². The van der Waals surface area contributed by atoms with Crippen LogP contribution >= 0.6 is 11.6 Å². The van der Waals surface area contributed by atoms with Gasteiger partial charge in [-0.05, 0) is 66.8 Å². The molecule has 3 aliphatic carbocycles. The summed E-state index contributed by atoms with van der Waals surface area (Å²) >= 11 is 5.84. The summed E-state index contributed by atoms with van der Waals surface area (Å²) in [6.45, 7) is 0. The van der Waals surface area contributed by atoms with Crippen LogP contribution in [0.1, 0.15) is 59.1 Å². The van der Waals surface area contributed by atoms with E-state index in [-0.39, 0.29) is 16.6 Å². The highest BCUT2D eigenvalue weighted by Crippen LogP contribution is 2.52. The third-order valence-corrected chi connectivity index (χ3v) is 5.39. The lowest BCUT2D eigenvalue weighted by Crippen LogP contribution is -2.26. The van der Waals surface area contributed by atoms with E-state index < -0.39 is 11.8 Å². The van der Waals surface area contributed by atoms with Crippen molar-refractivity contribution in [2.75, 3.05) is 5.32 Å². The summed E-state index contributed by atoms with van der Waals surface area (Å²) in [6, 6.07) is 4.44. The van der Waals surface area contributed by atoms with E-state index >= 15 is 0 Å². The number of carbonyl (C=O) groups is 1. The smallest absolute Gasteiger partial charge is 0.354 e. The van der Waals surface area contributed by atoms with Gasteiger partial charge in [0.25, 0.3) is 0 Å². The lowest BCUT2D eigenvalue weighted by Gasteiger charge is -2.39. The average molecular weight is 347 g/mol. The summed E-state index contributed by atoms with van der Waals surface area (Å²) in [7, 11) is 0. The van der Waals surface area contributed by atoms with Gasteiger partial charge < -0.3 is 10.4 Å². The number of anilines is 2. The SMILES string of the molecule is O=C(O)c1ncc(Nc2ccc(F)c(Cl)c2)c2c1C1CCC2CC1. The first-order chi connectivity index (χ1) is 11.5. The Labute approximate surface area is 143 Å². The minimum atomic E-state index is -0.977. The highest BCUT2D eigenvalue weighted by Gasteiger charge is 2.38. The molecule has 2 aromatic rings. The monoisotopic (exact) mass is 346 g/mol.